The van der Waals surface area contributed by atoms with Gasteiger partial charge in [-0.25, -0.2) is 18.1 Å². The third kappa shape index (κ3) is 4.83. The molecule has 1 aromatic rings. The molecule has 0 amide bonds. The first-order chi connectivity index (χ1) is 9.07. The zero-order valence-corrected chi connectivity index (χ0v) is 12.8. The van der Waals surface area contributed by atoms with Crippen molar-refractivity contribution in [3.63, 3.8) is 0 Å². The molecule has 1 aliphatic heterocycles. The highest BCUT2D eigenvalue weighted by molar-refractivity contribution is 7.89. The van der Waals surface area contributed by atoms with Crippen LogP contribution < -0.4 is 10.0 Å². The molecule has 1 aromatic heterocycles. The summed E-state index contributed by atoms with van der Waals surface area (Å²) in [6.07, 6.45) is 4.95. The summed E-state index contributed by atoms with van der Waals surface area (Å²) in [5.41, 5.74) is 0. The summed E-state index contributed by atoms with van der Waals surface area (Å²) >= 11 is 1.56. The third-order valence-corrected chi connectivity index (χ3v) is 5.77. The van der Waals surface area contributed by atoms with Gasteiger partial charge in [0, 0.05) is 30.1 Å². The number of sulfonamides is 1. The Morgan fingerprint density at radius 1 is 1.58 bits per heavy atom. The SMILES string of the molecule is CC(CNS(=O)(=O)CC1CCCCN1)c1nccs1. The maximum Gasteiger partial charge on any atom is 0.213 e. The van der Waals surface area contributed by atoms with E-state index in [1.807, 2.05) is 12.3 Å². The Morgan fingerprint density at radius 3 is 3.05 bits per heavy atom. The Balaban J connectivity index is 1.80. The number of thiazole rings is 1. The van der Waals surface area contributed by atoms with Gasteiger partial charge in [-0.3, -0.25) is 0 Å². The topological polar surface area (TPSA) is 71.1 Å². The van der Waals surface area contributed by atoms with Crippen molar-refractivity contribution in [2.24, 2.45) is 0 Å². The van der Waals surface area contributed by atoms with Crippen LogP contribution in [0.5, 0.6) is 0 Å². The second-order valence-corrected chi connectivity index (χ2v) is 7.83. The van der Waals surface area contributed by atoms with Crippen molar-refractivity contribution >= 4 is 21.4 Å². The van der Waals surface area contributed by atoms with Crippen LogP contribution in [0.3, 0.4) is 0 Å². The first kappa shape index (κ1) is 14.9. The van der Waals surface area contributed by atoms with Gasteiger partial charge in [-0.1, -0.05) is 13.3 Å². The van der Waals surface area contributed by atoms with E-state index in [0.29, 0.717) is 6.54 Å². The smallest absolute Gasteiger partial charge is 0.213 e. The summed E-state index contributed by atoms with van der Waals surface area (Å²) < 4.78 is 26.7. The van der Waals surface area contributed by atoms with Crippen LogP contribution in [0.4, 0.5) is 0 Å². The van der Waals surface area contributed by atoms with E-state index >= 15 is 0 Å². The van der Waals surface area contributed by atoms with Gasteiger partial charge in [-0.15, -0.1) is 11.3 Å². The van der Waals surface area contributed by atoms with Gasteiger partial charge in [-0.2, -0.15) is 0 Å². The zero-order valence-electron chi connectivity index (χ0n) is 11.1. The molecule has 5 nitrogen and oxygen atoms in total. The van der Waals surface area contributed by atoms with E-state index in [4.69, 9.17) is 0 Å². The molecule has 0 radical (unpaired) electrons. The number of rotatable bonds is 6. The minimum atomic E-state index is -3.20. The molecule has 0 saturated carbocycles. The van der Waals surface area contributed by atoms with Gasteiger partial charge in [0.15, 0.2) is 0 Å². The minimum Gasteiger partial charge on any atom is -0.313 e. The average molecular weight is 303 g/mol. The highest BCUT2D eigenvalue weighted by atomic mass is 32.2. The molecule has 0 bridgehead atoms. The van der Waals surface area contributed by atoms with Gasteiger partial charge in [0.1, 0.15) is 0 Å². The lowest BCUT2D eigenvalue weighted by molar-refractivity contribution is 0.422. The monoisotopic (exact) mass is 303 g/mol. The summed E-state index contributed by atoms with van der Waals surface area (Å²) in [5.74, 6) is 0.298. The molecule has 1 fully saturated rings. The van der Waals surface area contributed by atoms with Crippen LogP contribution in [-0.4, -0.2) is 38.3 Å². The molecule has 2 rings (SSSR count). The van der Waals surface area contributed by atoms with E-state index in [0.717, 1.165) is 30.8 Å². The molecule has 108 valence electrons. The van der Waals surface area contributed by atoms with Crippen LogP contribution in [0.15, 0.2) is 11.6 Å². The molecule has 2 heterocycles. The molecule has 0 aromatic carbocycles. The molecule has 2 atom stereocenters. The molecular weight excluding hydrogens is 282 g/mol. The Kier molecular flexibility index (Phi) is 5.32. The maximum atomic E-state index is 12.0. The number of nitrogens with zero attached hydrogens (tertiary/aromatic N) is 1. The second kappa shape index (κ2) is 6.78. The molecule has 2 unspecified atom stereocenters. The Labute approximate surface area is 118 Å². The summed E-state index contributed by atoms with van der Waals surface area (Å²) in [6.45, 7) is 3.33. The number of piperidine rings is 1. The standard InChI is InChI=1S/C12H21N3O2S2/c1-10(12-14-6-7-18-12)8-15-19(16,17)9-11-4-2-3-5-13-11/h6-7,10-11,13,15H,2-5,8-9H2,1H3. The maximum absolute atomic E-state index is 12.0. The van der Waals surface area contributed by atoms with Gasteiger partial charge >= 0.3 is 0 Å². The minimum absolute atomic E-state index is 0.0985. The molecule has 2 N–H and O–H groups in total. The first-order valence-corrected chi connectivity index (χ1v) is 9.20. The van der Waals surface area contributed by atoms with Gasteiger partial charge in [-0.05, 0) is 19.4 Å². The summed E-state index contributed by atoms with van der Waals surface area (Å²) in [6, 6.07) is 0.0985. The van der Waals surface area contributed by atoms with Crippen molar-refractivity contribution < 1.29 is 8.42 Å². The predicted molar refractivity (Wildman–Crippen MR) is 78.0 cm³/mol. The first-order valence-electron chi connectivity index (χ1n) is 6.67. The van der Waals surface area contributed by atoms with E-state index in [1.54, 1.807) is 17.5 Å². The van der Waals surface area contributed by atoms with Gasteiger partial charge < -0.3 is 5.32 Å². The van der Waals surface area contributed by atoms with Gasteiger partial charge in [0.25, 0.3) is 0 Å². The van der Waals surface area contributed by atoms with Crippen LogP contribution in [-0.2, 0) is 10.0 Å². The molecule has 0 aliphatic carbocycles. The number of hydrogen-bond acceptors (Lipinski definition) is 5. The van der Waals surface area contributed by atoms with Crippen LogP contribution >= 0.6 is 11.3 Å². The van der Waals surface area contributed by atoms with Crippen LogP contribution in [0.2, 0.25) is 0 Å². The van der Waals surface area contributed by atoms with E-state index < -0.39 is 10.0 Å². The molecule has 1 saturated heterocycles. The van der Waals surface area contributed by atoms with Crippen molar-refractivity contribution in [1.29, 1.82) is 0 Å². The third-order valence-electron chi connectivity index (χ3n) is 3.32. The quantitative estimate of drug-likeness (QED) is 0.831. The zero-order chi connectivity index (χ0) is 13.7. The van der Waals surface area contributed by atoms with Crippen molar-refractivity contribution in [2.45, 2.75) is 38.1 Å². The van der Waals surface area contributed by atoms with Crippen molar-refractivity contribution in [2.75, 3.05) is 18.8 Å². The van der Waals surface area contributed by atoms with E-state index in [2.05, 4.69) is 15.0 Å². The average Bonchev–Trinajstić information content (AvgIpc) is 2.91. The number of aromatic nitrogens is 1. The lowest BCUT2D eigenvalue weighted by atomic mass is 10.1. The van der Waals surface area contributed by atoms with Gasteiger partial charge in [0.05, 0.1) is 10.8 Å². The lowest BCUT2D eigenvalue weighted by Crippen LogP contribution is -2.43. The van der Waals surface area contributed by atoms with E-state index in [9.17, 15) is 8.42 Å². The van der Waals surface area contributed by atoms with Crippen LogP contribution in [0.25, 0.3) is 0 Å². The van der Waals surface area contributed by atoms with Crippen molar-refractivity contribution in [3.8, 4) is 0 Å². The van der Waals surface area contributed by atoms with Crippen molar-refractivity contribution in [1.82, 2.24) is 15.0 Å². The molecule has 1 aliphatic rings. The highest BCUT2D eigenvalue weighted by Gasteiger charge is 2.21. The Bertz CT molecular complexity index is 467. The Morgan fingerprint density at radius 2 is 2.42 bits per heavy atom. The Hall–Kier alpha value is -0.500. The van der Waals surface area contributed by atoms with E-state index in [-0.39, 0.29) is 17.7 Å². The fourth-order valence-electron chi connectivity index (χ4n) is 2.21. The molecule has 0 spiro atoms. The van der Waals surface area contributed by atoms with Crippen LogP contribution in [0, 0.1) is 0 Å². The number of hydrogen-bond donors (Lipinski definition) is 2. The van der Waals surface area contributed by atoms with Gasteiger partial charge in [0.2, 0.25) is 10.0 Å². The largest absolute Gasteiger partial charge is 0.313 e. The summed E-state index contributed by atoms with van der Waals surface area (Å²) in [7, 11) is -3.20. The molecule has 19 heavy (non-hydrogen) atoms. The predicted octanol–water partition coefficient (Wildman–Crippen LogP) is 1.31. The number of nitrogens with one attached hydrogen (secondary N) is 2. The normalized spacial score (nSPS) is 22.3. The fourth-order valence-corrected chi connectivity index (χ4v) is 4.34. The molecule has 7 heteroatoms. The van der Waals surface area contributed by atoms with Crippen molar-refractivity contribution in [3.05, 3.63) is 16.6 Å². The highest BCUT2D eigenvalue weighted by Crippen LogP contribution is 2.17. The second-order valence-electron chi connectivity index (χ2n) is 5.05. The fraction of sp³-hybridized carbons (Fsp3) is 0.750. The summed E-state index contributed by atoms with van der Waals surface area (Å²) in [5, 5.41) is 6.14. The molecular formula is C12H21N3O2S2. The van der Waals surface area contributed by atoms with Crippen LogP contribution in [0.1, 0.15) is 37.1 Å². The van der Waals surface area contributed by atoms with E-state index in [1.165, 1.54) is 0 Å². The lowest BCUT2D eigenvalue weighted by Gasteiger charge is -2.23. The summed E-state index contributed by atoms with van der Waals surface area (Å²) in [4.78, 5) is 4.20.